The second-order valence-corrected chi connectivity index (χ2v) is 5.31. The van der Waals surface area contributed by atoms with Crippen molar-refractivity contribution in [3.8, 4) is 0 Å². The van der Waals surface area contributed by atoms with Gasteiger partial charge in [0.15, 0.2) is 17.4 Å². The molecule has 1 saturated carbocycles. The van der Waals surface area contributed by atoms with Crippen molar-refractivity contribution in [1.29, 1.82) is 0 Å². The second-order valence-electron chi connectivity index (χ2n) is 5.31. The SMILES string of the molecule is O=C(CN1CC2CCC1C2)c1ccc(F)c(F)c1. The van der Waals surface area contributed by atoms with Gasteiger partial charge in [-0.05, 0) is 43.4 Å². The summed E-state index contributed by atoms with van der Waals surface area (Å²) in [5.74, 6) is -1.26. The van der Waals surface area contributed by atoms with Crippen LogP contribution in [0, 0.1) is 17.6 Å². The lowest BCUT2D eigenvalue weighted by molar-refractivity contribution is 0.0904. The molecule has 0 N–H and O–H groups in total. The molecule has 18 heavy (non-hydrogen) atoms. The molecule has 2 bridgehead atoms. The van der Waals surface area contributed by atoms with E-state index < -0.39 is 11.6 Å². The highest BCUT2D eigenvalue weighted by Crippen LogP contribution is 2.37. The van der Waals surface area contributed by atoms with E-state index >= 15 is 0 Å². The summed E-state index contributed by atoms with van der Waals surface area (Å²) >= 11 is 0. The maximum absolute atomic E-state index is 13.1. The topological polar surface area (TPSA) is 20.3 Å². The number of nitrogens with zero attached hydrogens (tertiary/aromatic N) is 1. The summed E-state index contributed by atoms with van der Waals surface area (Å²) in [7, 11) is 0. The Morgan fingerprint density at radius 3 is 2.72 bits per heavy atom. The van der Waals surface area contributed by atoms with Crippen LogP contribution in [0.25, 0.3) is 0 Å². The Kier molecular flexibility index (Phi) is 2.90. The number of hydrogen-bond donors (Lipinski definition) is 0. The molecular weight excluding hydrogens is 236 g/mol. The third-order valence-electron chi connectivity index (χ3n) is 4.11. The van der Waals surface area contributed by atoms with Crippen molar-refractivity contribution in [2.75, 3.05) is 13.1 Å². The summed E-state index contributed by atoms with van der Waals surface area (Å²) in [5, 5.41) is 0. The smallest absolute Gasteiger partial charge is 0.176 e. The molecule has 2 nitrogen and oxygen atoms in total. The van der Waals surface area contributed by atoms with E-state index in [0.717, 1.165) is 31.0 Å². The standard InChI is InChI=1S/C14H15F2NO/c15-12-4-2-10(6-13(12)16)14(18)8-17-7-9-1-3-11(17)5-9/h2,4,6,9,11H,1,3,5,7-8H2. The number of ketones is 1. The normalized spacial score (nSPS) is 26.8. The molecule has 2 unspecified atom stereocenters. The molecule has 3 rings (SSSR count). The van der Waals surface area contributed by atoms with Gasteiger partial charge in [-0.3, -0.25) is 9.69 Å². The molecule has 1 aliphatic carbocycles. The van der Waals surface area contributed by atoms with Crippen LogP contribution in [-0.4, -0.2) is 29.8 Å². The van der Waals surface area contributed by atoms with Crippen LogP contribution in [-0.2, 0) is 0 Å². The van der Waals surface area contributed by atoms with Crippen LogP contribution in [0.2, 0.25) is 0 Å². The van der Waals surface area contributed by atoms with Gasteiger partial charge >= 0.3 is 0 Å². The number of rotatable bonds is 3. The number of hydrogen-bond acceptors (Lipinski definition) is 2. The van der Waals surface area contributed by atoms with E-state index in [-0.39, 0.29) is 11.3 Å². The van der Waals surface area contributed by atoms with Crippen LogP contribution in [0.5, 0.6) is 0 Å². The quantitative estimate of drug-likeness (QED) is 0.770. The molecule has 1 aromatic rings. The highest BCUT2D eigenvalue weighted by atomic mass is 19.2. The van der Waals surface area contributed by atoms with Crippen LogP contribution in [0.15, 0.2) is 18.2 Å². The first-order valence-electron chi connectivity index (χ1n) is 6.36. The Labute approximate surface area is 105 Å². The van der Waals surface area contributed by atoms with Crippen LogP contribution in [0.3, 0.4) is 0 Å². The van der Waals surface area contributed by atoms with Gasteiger partial charge in [0.05, 0.1) is 6.54 Å². The predicted molar refractivity (Wildman–Crippen MR) is 63.4 cm³/mol. The first-order valence-corrected chi connectivity index (χ1v) is 6.36. The van der Waals surface area contributed by atoms with Gasteiger partial charge in [0.1, 0.15) is 0 Å². The molecule has 0 amide bonds. The fourth-order valence-electron chi connectivity index (χ4n) is 3.17. The lowest BCUT2D eigenvalue weighted by atomic mass is 10.1. The van der Waals surface area contributed by atoms with Gasteiger partial charge in [0, 0.05) is 18.2 Å². The van der Waals surface area contributed by atoms with E-state index in [9.17, 15) is 13.6 Å². The molecule has 1 saturated heterocycles. The Bertz CT molecular complexity index is 489. The minimum atomic E-state index is -0.955. The second kappa shape index (κ2) is 4.43. The van der Waals surface area contributed by atoms with E-state index in [1.807, 2.05) is 0 Å². The van der Waals surface area contributed by atoms with Crippen LogP contribution < -0.4 is 0 Å². The van der Waals surface area contributed by atoms with Crippen molar-refractivity contribution in [3.63, 3.8) is 0 Å². The number of likely N-dealkylation sites (tertiary alicyclic amines) is 1. The zero-order chi connectivity index (χ0) is 12.7. The maximum Gasteiger partial charge on any atom is 0.176 e. The summed E-state index contributed by atoms with van der Waals surface area (Å²) < 4.78 is 25.9. The molecule has 2 atom stereocenters. The molecule has 1 aliphatic heterocycles. The minimum Gasteiger partial charge on any atom is -0.293 e. The highest BCUT2D eigenvalue weighted by Gasteiger charge is 2.38. The monoisotopic (exact) mass is 251 g/mol. The first kappa shape index (κ1) is 11.8. The van der Waals surface area contributed by atoms with Crippen LogP contribution in [0.1, 0.15) is 29.6 Å². The number of carbonyl (C=O) groups excluding carboxylic acids is 1. The average Bonchev–Trinajstić information content (AvgIpc) is 2.94. The van der Waals surface area contributed by atoms with Crippen LogP contribution in [0.4, 0.5) is 8.78 Å². The van der Waals surface area contributed by atoms with E-state index in [1.165, 1.54) is 18.9 Å². The van der Waals surface area contributed by atoms with E-state index in [1.54, 1.807) is 0 Å². The number of Topliss-reactive ketones (excluding diaryl/α,β-unsaturated/α-hetero) is 1. The van der Waals surface area contributed by atoms with Crippen LogP contribution >= 0.6 is 0 Å². The number of carbonyl (C=O) groups is 1. The molecule has 1 heterocycles. The average molecular weight is 251 g/mol. The zero-order valence-electron chi connectivity index (χ0n) is 10.0. The lowest BCUT2D eigenvalue weighted by Gasteiger charge is -2.25. The largest absolute Gasteiger partial charge is 0.293 e. The van der Waals surface area contributed by atoms with Gasteiger partial charge in [-0.2, -0.15) is 0 Å². The van der Waals surface area contributed by atoms with Crippen molar-refractivity contribution in [1.82, 2.24) is 4.90 Å². The Balaban J connectivity index is 1.69. The first-order chi connectivity index (χ1) is 8.63. The third kappa shape index (κ3) is 2.05. The lowest BCUT2D eigenvalue weighted by Crippen LogP contribution is -2.36. The minimum absolute atomic E-state index is 0.124. The van der Waals surface area contributed by atoms with Gasteiger partial charge < -0.3 is 0 Å². The Morgan fingerprint density at radius 2 is 2.11 bits per heavy atom. The molecule has 0 spiro atoms. The number of halogens is 2. The molecule has 96 valence electrons. The third-order valence-corrected chi connectivity index (χ3v) is 4.11. The van der Waals surface area contributed by atoms with Crippen molar-refractivity contribution in [2.24, 2.45) is 5.92 Å². The molecule has 4 heteroatoms. The molecule has 2 fully saturated rings. The van der Waals surface area contributed by atoms with Crippen molar-refractivity contribution >= 4 is 5.78 Å². The van der Waals surface area contributed by atoms with Crippen molar-refractivity contribution < 1.29 is 13.6 Å². The van der Waals surface area contributed by atoms with Gasteiger partial charge in [0.2, 0.25) is 0 Å². The molecule has 0 aromatic heterocycles. The van der Waals surface area contributed by atoms with E-state index in [2.05, 4.69) is 4.90 Å². The molecule has 2 aliphatic rings. The summed E-state index contributed by atoms with van der Waals surface area (Å²) in [6, 6.07) is 3.88. The van der Waals surface area contributed by atoms with Gasteiger partial charge in [-0.15, -0.1) is 0 Å². The number of piperidine rings is 1. The summed E-state index contributed by atoms with van der Waals surface area (Å²) in [6.45, 7) is 1.30. The van der Waals surface area contributed by atoms with Gasteiger partial charge in [-0.1, -0.05) is 0 Å². The fourth-order valence-corrected chi connectivity index (χ4v) is 3.17. The maximum atomic E-state index is 13.1. The molecule has 0 radical (unpaired) electrons. The van der Waals surface area contributed by atoms with Gasteiger partial charge in [0.25, 0.3) is 0 Å². The summed E-state index contributed by atoms with van der Waals surface area (Å²) in [6.07, 6.45) is 3.61. The van der Waals surface area contributed by atoms with Gasteiger partial charge in [-0.25, -0.2) is 8.78 Å². The fraction of sp³-hybridized carbons (Fsp3) is 0.500. The zero-order valence-corrected chi connectivity index (χ0v) is 10.0. The van der Waals surface area contributed by atoms with E-state index in [4.69, 9.17) is 0 Å². The van der Waals surface area contributed by atoms with E-state index in [0.29, 0.717) is 12.6 Å². The van der Waals surface area contributed by atoms with Crippen molar-refractivity contribution in [2.45, 2.75) is 25.3 Å². The highest BCUT2D eigenvalue weighted by molar-refractivity contribution is 5.97. The summed E-state index contributed by atoms with van der Waals surface area (Å²) in [5.41, 5.74) is 0.261. The molecule has 1 aromatic carbocycles. The Hall–Kier alpha value is -1.29. The molecular formula is C14H15F2NO. The Morgan fingerprint density at radius 1 is 1.28 bits per heavy atom. The van der Waals surface area contributed by atoms with Crippen molar-refractivity contribution in [3.05, 3.63) is 35.4 Å². The summed E-state index contributed by atoms with van der Waals surface area (Å²) in [4.78, 5) is 14.2. The number of fused-ring (bicyclic) bond motifs is 2. The number of benzene rings is 1. The predicted octanol–water partition coefficient (Wildman–Crippen LogP) is 2.63.